The summed E-state index contributed by atoms with van der Waals surface area (Å²) in [4.78, 5) is 20.5. The van der Waals surface area contributed by atoms with Crippen LogP contribution in [0.15, 0.2) is 36.8 Å². The van der Waals surface area contributed by atoms with E-state index in [1.807, 2.05) is 18.3 Å². The van der Waals surface area contributed by atoms with Gasteiger partial charge in [-0.25, -0.2) is 9.78 Å². The third-order valence-corrected chi connectivity index (χ3v) is 4.08. The van der Waals surface area contributed by atoms with Gasteiger partial charge in [0.15, 0.2) is 0 Å². The van der Waals surface area contributed by atoms with E-state index in [0.29, 0.717) is 11.5 Å². The summed E-state index contributed by atoms with van der Waals surface area (Å²) in [6.07, 6.45) is 5.90. The Kier molecular flexibility index (Phi) is 4.01. The Bertz CT molecular complexity index is 592. The molecule has 1 aliphatic heterocycles. The number of nitrogens with zero attached hydrogens (tertiary/aromatic N) is 2. The summed E-state index contributed by atoms with van der Waals surface area (Å²) >= 11 is 0. The molecule has 110 valence electrons. The van der Waals surface area contributed by atoms with E-state index in [0.717, 1.165) is 31.7 Å². The van der Waals surface area contributed by atoms with E-state index < -0.39 is 5.97 Å². The quantitative estimate of drug-likeness (QED) is 0.905. The summed E-state index contributed by atoms with van der Waals surface area (Å²) in [7, 11) is 0. The standard InChI is InChI=1S/C16H19N3O2/c20-16(21)13-5-3-12(4-6-13)14-2-1-7-19(9-14)10-15-8-17-11-18-15/h3-6,8,11,14H,1-2,7,9-10H2,(H,17,18)(H,20,21)/t14-/m1/s1. The molecule has 1 fully saturated rings. The molecule has 2 heterocycles. The third-order valence-electron chi connectivity index (χ3n) is 4.08. The lowest BCUT2D eigenvalue weighted by Crippen LogP contribution is -2.34. The lowest BCUT2D eigenvalue weighted by molar-refractivity contribution is 0.0697. The molecular formula is C16H19N3O2. The highest BCUT2D eigenvalue weighted by Gasteiger charge is 2.21. The molecule has 21 heavy (non-hydrogen) atoms. The van der Waals surface area contributed by atoms with Crippen LogP contribution in [0.5, 0.6) is 0 Å². The number of aromatic amines is 1. The molecule has 0 radical (unpaired) electrons. The number of aromatic nitrogens is 2. The molecule has 1 aromatic carbocycles. The minimum absolute atomic E-state index is 0.351. The molecule has 3 rings (SSSR count). The van der Waals surface area contributed by atoms with Crippen molar-refractivity contribution in [2.24, 2.45) is 0 Å². The summed E-state index contributed by atoms with van der Waals surface area (Å²) in [6.45, 7) is 3.00. The number of carbonyl (C=O) groups is 1. The Morgan fingerprint density at radius 2 is 2.19 bits per heavy atom. The molecule has 0 spiro atoms. The smallest absolute Gasteiger partial charge is 0.335 e. The molecule has 0 saturated carbocycles. The van der Waals surface area contributed by atoms with Gasteiger partial charge in [0.25, 0.3) is 0 Å². The number of imidazole rings is 1. The predicted octanol–water partition coefficient (Wildman–Crippen LogP) is 2.49. The zero-order chi connectivity index (χ0) is 14.7. The fraction of sp³-hybridized carbons (Fsp3) is 0.375. The molecule has 1 saturated heterocycles. The van der Waals surface area contributed by atoms with E-state index >= 15 is 0 Å². The van der Waals surface area contributed by atoms with Crippen LogP contribution in [0, 0.1) is 0 Å². The van der Waals surface area contributed by atoms with Gasteiger partial charge in [0.1, 0.15) is 0 Å². The molecule has 1 atom stereocenters. The van der Waals surface area contributed by atoms with Crippen LogP contribution in [0.2, 0.25) is 0 Å². The summed E-state index contributed by atoms with van der Waals surface area (Å²) < 4.78 is 0. The highest BCUT2D eigenvalue weighted by atomic mass is 16.4. The molecule has 2 N–H and O–H groups in total. The van der Waals surface area contributed by atoms with E-state index in [2.05, 4.69) is 14.9 Å². The van der Waals surface area contributed by atoms with Gasteiger partial charge >= 0.3 is 5.97 Å². The minimum atomic E-state index is -0.869. The molecule has 1 aliphatic rings. The third kappa shape index (κ3) is 3.31. The van der Waals surface area contributed by atoms with Gasteiger partial charge in [-0.2, -0.15) is 0 Å². The SMILES string of the molecule is O=C(O)c1ccc([C@@H]2CCCN(Cc3cnc[nH]3)C2)cc1. The van der Waals surface area contributed by atoms with E-state index in [9.17, 15) is 4.79 Å². The van der Waals surface area contributed by atoms with Crippen molar-refractivity contribution in [1.29, 1.82) is 0 Å². The zero-order valence-electron chi connectivity index (χ0n) is 11.8. The van der Waals surface area contributed by atoms with Crippen LogP contribution in [-0.2, 0) is 6.54 Å². The number of hydrogen-bond donors (Lipinski definition) is 2. The Balaban J connectivity index is 1.66. The Labute approximate surface area is 123 Å². The first-order valence-corrected chi connectivity index (χ1v) is 7.25. The van der Waals surface area contributed by atoms with E-state index in [4.69, 9.17) is 5.11 Å². The number of carboxylic acids is 1. The van der Waals surface area contributed by atoms with Crippen molar-refractivity contribution in [2.75, 3.05) is 13.1 Å². The van der Waals surface area contributed by atoms with Crippen LogP contribution < -0.4 is 0 Å². The first-order valence-electron chi connectivity index (χ1n) is 7.25. The number of aromatic carboxylic acids is 1. The average molecular weight is 285 g/mol. The van der Waals surface area contributed by atoms with Crippen molar-refractivity contribution < 1.29 is 9.90 Å². The fourth-order valence-electron chi connectivity index (χ4n) is 2.98. The molecule has 5 heteroatoms. The molecule has 0 aliphatic carbocycles. The number of likely N-dealkylation sites (tertiary alicyclic amines) is 1. The van der Waals surface area contributed by atoms with Crippen molar-refractivity contribution in [3.05, 3.63) is 53.6 Å². The van der Waals surface area contributed by atoms with Gasteiger partial charge in [0.2, 0.25) is 0 Å². The number of rotatable bonds is 4. The monoisotopic (exact) mass is 285 g/mol. The van der Waals surface area contributed by atoms with Crippen molar-refractivity contribution in [3.63, 3.8) is 0 Å². The van der Waals surface area contributed by atoms with E-state index in [-0.39, 0.29) is 0 Å². The van der Waals surface area contributed by atoms with Gasteiger partial charge in [-0.3, -0.25) is 4.90 Å². The predicted molar refractivity (Wildman–Crippen MR) is 79.2 cm³/mol. The maximum atomic E-state index is 10.9. The Morgan fingerprint density at radius 1 is 1.38 bits per heavy atom. The van der Waals surface area contributed by atoms with Gasteiger partial charge in [-0.15, -0.1) is 0 Å². The minimum Gasteiger partial charge on any atom is -0.478 e. The second-order valence-electron chi connectivity index (χ2n) is 5.58. The summed E-state index contributed by atoms with van der Waals surface area (Å²) in [5.74, 6) is -0.393. The van der Waals surface area contributed by atoms with Gasteiger partial charge in [-0.1, -0.05) is 12.1 Å². The van der Waals surface area contributed by atoms with Crippen molar-refractivity contribution in [3.8, 4) is 0 Å². The number of carboxylic acid groups (broad SMARTS) is 1. The lowest BCUT2D eigenvalue weighted by Gasteiger charge is -2.32. The van der Waals surface area contributed by atoms with Crippen LogP contribution in [0.3, 0.4) is 0 Å². The number of nitrogens with one attached hydrogen (secondary N) is 1. The lowest BCUT2D eigenvalue weighted by atomic mass is 9.90. The average Bonchev–Trinajstić information content (AvgIpc) is 3.00. The normalized spacial score (nSPS) is 19.5. The molecule has 0 amide bonds. The number of hydrogen-bond acceptors (Lipinski definition) is 3. The van der Waals surface area contributed by atoms with Crippen LogP contribution >= 0.6 is 0 Å². The summed E-state index contributed by atoms with van der Waals surface area (Å²) in [5, 5.41) is 8.95. The number of H-pyrrole nitrogens is 1. The molecular weight excluding hydrogens is 266 g/mol. The molecule has 5 nitrogen and oxygen atoms in total. The highest BCUT2D eigenvalue weighted by Crippen LogP contribution is 2.27. The van der Waals surface area contributed by atoms with Crippen LogP contribution in [-0.4, -0.2) is 39.0 Å². The fourth-order valence-corrected chi connectivity index (χ4v) is 2.98. The molecule has 2 aromatic rings. The second kappa shape index (κ2) is 6.10. The maximum Gasteiger partial charge on any atom is 0.335 e. The van der Waals surface area contributed by atoms with Crippen molar-refractivity contribution in [1.82, 2.24) is 14.9 Å². The van der Waals surface area contributed by atoms with Crippen LogP contribution in [0.1, 0.15) is 40.4 Å². The summed E-state index contributed by atoms with van der Waals surface area (Å²) in [6, 6.07) is 7.30. The van der Waals surface area contributed by atoms with Crippen molar-refractivity contribution in [2.45, 2.75) is 25.3 Å². The van der Waals surface area contributed by atoms with Crippen LogP contribution in [0.25, 0.3) is 0 Å². The van der Waals surface area contributed by atoms with E-state index in [1.54, 1.807) is 18.5 Å². The maximum absolute atomic E-state index is 10.9. The number of piperidine rings is 1. The topological polar surface area (TPSA) is 69.2 Å². The van der Waals surface area contributed by atoms with Gasteiger partial charge in [0.05, 0.1) is 11.9 Å². The van der Waals surface area contributed by atoms with Gasteiger partial charge in [0, 0.05) is 25.0 Å². The second-order valence-corrected chi connectivity index (χ2v) is 5.58. The van der Waals surface area contributed by atoms with Gasteiger partial charge < -0.3 is 10.1 Å². The molecule has 0 bridgehead atoms. The molecule has 1 aromatic heterocycles. The summed E-state index contributed by atoms with van der Waals surface area (Å²) in [5.41, 5.74) is 2.72. The number of benzene rings is 1. The van der Waals surface area contributed by atoms with Crippen molar-refractivity contribution >= 4 is 5.97 Å². The van der Waals surface area contributed by atoms with E-state index in [1.165, 1.54) is 12.0 Å². The Hall–Kier alpha value is -2.14. The van der Waals surface area contributed by atoms with Crippen LogP contribution in [0.4, 0.5) is 0 Å². The highest BCUT2D eigenvalue weighted by molar-refractivity contribution is 5.87. The largest absolute Gasteiger partial charge is 0.478 e. The Morgan fingerprint density at radius 3 is 2.86 bits per heavy atom. The molecule has 0 unspecified atom stereocenters. The van der Waals surface area contributed by atoms with Gasteiger partial charge in [-0.05, 0) is 43.0 Å². The zero-order valence-corrected chi connectivity index (χ0v) is 11.8. The first-order chi connectivity index (χ1) is 10.2. The first kappa shape index (κ1) is 13.8.